The molecule has 1 N–H and O–H groups in total. The van der Waals surface area contributed by atoms with Gasteiger partial charge in [-0.15, -0.1) is 0 Å². The van der Waals surface area contributed by atoms with Crippen LogP contribution in [0.25, 0.3) is 0 Å². The Kier molecular flexibility index (Phi) is 3.15. The van der Waals surface area contributed by atoms with Crippen LogP contribution >= 0.6 is 0 Å². The highest BCUT2D eigenvalue weighted by Gasteiger charge is 2.56. The summed E-state index contributed by atoms with van der Waals surface area (Å²) in [5.74, 6) is -1.75. The molecule has 3 rings (SSSR count). The molecule has 108 valence electrons. The van der Waals surface area contributed by atoms with Crippen molar-refractivity contribution in [3.05, 3.63) is 12.2 Å². The molecule has 1 saturated carbocycles. The number of likely N-dealkylation sites (tertiary alicyclic amines) is 1. The van der Waals surface area contributed by atoms with Crippen LogP contribution in [-0.4, -0.2) is 33.3 Å². The van der Waals surface area contributed by atoms with Gasteiger partial charge < -0.3 is 5.11 Å². The number of hydrogen-bond acceptors (Lipinski definition) is 3. The van der Waals surface area contributed by atoms with Gasteiger partial charge >= 0.3 is 5.97 Å². The zero-order valence-electron chi connectivity index (χ0n) is 11.4. The lowest BCUT2D eigenvalue weighted by atomic mass is 9.85. The van der Waals surface area contributed by atoms with Gasteiger partial charge in [-0.25, -0.2) is 0 Å². The predicted molar refractivity (Wildman–Crippen MR) is 70.7 cm³/mol. The molecular formula is C15H19NO4. The molecule has 0 bridgehead atoms. The van der Waals surface area contributed by atoms with Crippen LogP contribution in [0.2, 0.25) is 0 Å². The van der Waals surface area contributed by atoms with Gasteiger partial charge in [0.25, 0.3) is 0 Å². The Hall–Kier alpha value is -1.65. The first-order valence-electron chi connectivity index (χ1n) is 7.30. The van der Waals surface area contributed by atoms with Crippen molar-refractivity contribution in [1.29, 1.82) is 0 Å². The average molecular weight is 277 g/mol. The minimum atomic E-state index is -0.930. The number of rotatable bonds is 3. The number of carboxylic acid groups (broad SMARTS) is 1. The van der Waals surface area contributed by atoms with E-state index < -0.39 is 11.5 Å². The van der Waals surface area contributed by atoms with Crippen molar-refractivity contribution in [3.8, 4) is 0 Å². The van der Waals surface area contributed by atoms with Crippen LogP contribution in [0.3, 0.4) is 0 Å². The zero-order chi connectivity index (χ0) is 14.3. The summed E-state index contributed by atoms with van der Waals surface area (Å²) in [7, 11) is 0. The second-order valence-electron chi connectivity index (χ2n) is 6.17. The normalized spacial score (nSPS) is 31.7. The van der Waals surface area contributed by atoms with Gasteiger partial charge in [-0.2, -0.15) is 0 Å². The summed E-state index contributed by atoms with van der Waals surface area (Å²) in [4.78, 5) is 37.7. The summed E-state index contributed by atoms with van der Waals surface area (Å²) in [6, 6.07) is 0. The minimum Gasteiger partial charge on any atom is -0.481 e. The number of carbonyl (C=O) groups is 3. The lowest BCUT2D eigenvalue weighted by molar-refractivity contribution is -0.151. The van der Waals surface area contributed by atoms with Gasteiger partial charge in [-0.05, 0) is 25.7 Å². The Morgan fingerprint density at radius 2 is 1.65 bits per heavy atom. The summed E-state index contributed by atoms with van der Waals surface area (Å²) < 4.78 is 0. The minimum absolute atomic E-state index is 0.114. The van der Waals surface area contributed by atoms with Crippen molar-refractivity contribution >= 4 is 17.8 Å². The molecule has 2 fully saturated rings. The van der Waals surface area contributed by atoms with E-state index in [1.54, 1.807) is 0 Å². The maximum atomic E-state index is 12.6. The molecule has 5 nitrogen and oxygen atoms in total. The summed E-state index contributed by atoms with van der Waals surface area (Å²) in [6.45, 7) is 0. The quantitative estimate of drug-likeness (QED) is 0.629. The maximum absolute atomic E-state index is 12.6. The number of amides is 2. The van der Waals surface area contributed by atoms with Crippen LogP contribution in [0, 0.1) is 11.8 Å². The molecule has 2 aliphatic carbocycles. The third kappa shape index (κ3) is 1.87. The molecule has 5 heteroatoms. The third-order valence-corrected chi connectivity index (χ3v) is 5.00. The highest BCUT2D eigenvalue weighted by molar-refractivity contribution is 6.06. The second kappa shape index (κ2) is 4.72. The zero-order valence-corrected chi connectivity index (χ0v) is 11.4. The predicted octanol–water partition coefficient (Wildman–Crippen LogP) is 1.73. The summed E-state index contributed by atoms with van der Waals surface area (Å²) >= 11 is 0. The maximum Gasteiger partial charge on any atom is 0.305 e. The Morgan fingerprint density at radius 3 is 2.10 bits per heavy atom. The van der Waals surface area contributed by atoms with Gasteiger partial charge in [-0.3, -0.25) is 19.3 Å². The van der Waals surface area contributed by atoms with E-state index in [9.17, 15) is 14.4 Å². The summed E-state index contributed by atoms with van der Waals surface area (Å²) in [5.41, 5.74) is -0.767. The lowest BCUT2D eigenvalue weighted by Gasteiger charge is -2.36. The molecule has 2 unspecified atom stereocenters. The fourth-order valence-electron chi connectivity index (χ4n) is 4.06. The summed E-state index contributed by atoms with van der Waals surface area (Å²) in [5, 5.41) is 9.17. The van der Waals surface area contributed by atoms with E-state index in [4.69, 9.17) is 5.11 Å². The Labute approximate surface area is 117 Å². The van der Waals surface area contributed by atoms with Crippen molar-refractivity contribution in [3.63, 3.8) is 0 Å². The molecule has 2 atom stereocenters. The molecule has 0 aromatic carbocycles. The Balaban J connectivity index is 1.94. The van der Waals surface area contributed by atoms with Crippen molar-refractivity contribution < 1.29 is 19.5 Å². The first-order chi connectivity index (χ1) is 9.55. The van der Waals surface area contributed by atoms with Crippen LogP contribution in [0.1, 0.15) is 44.9 Å². The van der Waals surface area contributed by atoms with Crippen LogP contribution in [0.5, 0.6) is 0 Å². The van der Waals surface area contributed by atoms with E-state index in [2.05, 4.69) is 0 Å². The third-order valence-electron chi connectivity index (χ3n) is 5.00. The van der Waals surface area contributed by atoms with Crippen LogP contribution in [-0.2, 0) is 14.4 Å². The number of fused-ring (bicyclic) bond motifs is 1. The second-order valence-corrected chi connectivity index (χ2v) is 6.17. The Morgan fingerprint density at radius 1 is 1.15 bits per heavy atom. The molecule has 2 amide bonds. The van der Waals surface area contributed by atoms with Gasteiger partial charge in [0.05, 0.1) is 23.8 Å². The van der Waals surface area contributed by atoms with Gasteiger partial charge in [0, 0.05) is 0 Å². The van der Waals surface area contributed by atoms with E-state index in [1.807, 2.05) is 12.2 Å². The molecule has 1 saturated heterocycles. The first-order valence-corrected chi connectivity index (χ1v) is 7.30. The summed E-state index contributed by atoms with van der Waals surface area (Å²) in [6.07, 6.45) is 8.03. The van der Waals surface area contributed by atoms with Crippen molar-refractivity contribution in [2.24, 2.45) is 11.8 Å². The first kappa shape index (κ1) is 13.3. The number of hydrogen-bond donors (Lipinski definition) is 1. The highest BCUT2D eigenvalue weighted by atomic mass is 16.4. The van der Waals surface area contributed by atoms with Crippen molar-refractivity contribution in [2.75, 3.05) is 0 Å². The van der Waals surface area contributed by atoms with E-state index >= 15 is 0 Å². The molecule has 0 radical (unpaired) electrons. The average Bonchev–Trinajstić information content (AvgIpc) is 2.95. The number of allylic oxidation sites excluding steroid dienone is 2. The fourth-order valence-corrected chi connectivity index (χ4v) is 4.06. The lowest BCUT2D eigenvalue weighted by Crippen LogP contribution is -2.51. The monoisotopic (exact) mass is 277 g/mol. The molecule has 0 aromatic rings. The van der Waals surface area contributed by atoms with Crippen LogP contribution in [0.4, 0.5) is 0 Å². The number of carboxylic acids is 1. The van der Waals surface area contributed by atoms with Crippen LogP contribution < -0.4 is 0 Å². The number of imide groups is 1. The molecule has 0 aromatic heterocycles. The Bertz CT molecular complexity index is 464. The van der Waals surface area contributed by atoms with Gasteiger partial charge in [0.15, 0.2) is 0 Å². The molecule has 1 aliphatic heterocycles. The van der Waals surface area contributed by atoms with E-state index in [1.165, 1.54) is 4.90 Å². The van der Waals surface area contributed by atoms with E-state index in [0.29, 0.717) is 25.7 Å². The molecule has 20 heavy (non-hydrogen) atoms. The SMILES string of the molecule is O=C(O)CC1(N2C(=O)C3CC=CCC3C2=O)CCCC1. The number of aliphatic carboxylic acids is 1. The van der Waals surface area contributed by atoms with E-state index in [-0.39, 0.29) is 30.1 Å². The molecule has 3 aliphatic rings. The molecular weight excluding hydrogens is 258 g/mol. The largest absolute Gasteiger partial charge is 0.481 e. The smallest absolute Gasteiger partial charge is 0.305 e. The highest BCUT2D eigenvalue weighted by Crippen LogP contribution is 2.45. The number of carbonyl (C=O) groups excluding carboxylic acids is 2. The standard InChI is InChI=1S/C15H19NO4/c17-12(18)9-15(7-3-4-8-15)16-13(19)10-5-1-2-6-11(10)14(16)20/h1-2,10-11H,3-9H2,(H,17,18). The van der Waals surface area contributed by atoms with E-state index in [0.717, 1.165) is 12.8 Å². The van der Waals surface area contributed by atoms with Crippen molar-refractivity contribution in [2.45, 2.75) is 50.5 Å². The van der Waals surface area contributed by atoms with Gasteiger partial charge in [-0.1, -0.05) is 25.0 Å². The van der Waals surface area contributed by atoms with Gasteiger partial charge in [0.2, 0.25) is 11.8 Å². The fraction of sp³-hybridized carbons (Fsp3) is 0.667. The van der Waals surface area contributed by atoms with Crippen molar-refractivity contribution in [1.82, 2.24) is 4.90 Å². The van der Waals surface area contributed by atoms with Gasteiger partial charge in [0.1, 0.15) is 0 Å². The number of nitrogens with zero attached hydrogens (tertiary/aromatic N) is 1. The van der Waals surface area contributed by atoms with Crippen LogP contribution in [0.15, 0.2) is 12.2 Å². The molecule has 0 spiro atoms. The topological polar surface area (TPSA) is 74.7 Å². The molecule has 1 heterocycles.